The van der Waals surface area contributed by atoms with Crippen molar-refractivity contribution in [2.45, 2.75) is 6.42 Å². The summed E-state index contributed by atoms with van der Waals surface area (Å²) in [5.41, 5.74) is 1.16. The molecule has 1 aromatic heterocycles. The summed E-state index contributed by atoms with van der Waals surface area (Å²) in [5.74, 6) is 2.33. The van der Waals surface area contributed by atoms with E-state index in [1.54, 1.807) is 17.1 Å². The molecule has 1 N–H and O–H groups in total. The minimum Gasteiger partial charge on any atom is -0.389 e. The first kappa shape index (κ1) is 17.4. The number of piperidine rings is 1. The Bertz CT molecular complexity index is 766. The summed E-state index contributed by atoms with van der Waals surface area (Å²) in [7, 11) is 1.85. The molecular weight excluding hydrogens is 352 g/mol. The molecule has 0 bridgehead atoms. The largest absolute Gasteiger partial charge is 0.416 e. The molecule has 0 radical (unpaired) electrons. The fourth-order valence-corrected chi connectivity index (χ4v) is 3.97. The number of carbonyl (C=O) groups is 1. The Hall–Kier alpha value is -2.05. The fourth-order valence-electron chi connectivity index (χ4n) is 3.84. The number of carbonyl (C=O) groups excluding carboxylic acids is 1. The van der Waals surface area contributed by atoms with E-state index in [2.05, 4.69) is 10.3 Å². The zero-order valence-corrected chi connectivity index (χ0v) is 15.5. The van der Waals surface area contributed by atoms with Gasteiger partial charge in [0.1, 0.15) is 0 Å². The highest BCUT2D eigenvalue weighted by molar-refractivity contribution is 6.30. The average Bonchev–Trinajstić information content (AvgIpc) is 2.97. The second-order valence-electron chi connectivity index (χ2n) is 7.22. The van der Waals surface area contributed by atoms with Crippen LogP contribution >= 0.6 is 11.6 Å². The van der Waals surface area contributed by atoms with Gasteiger partial charge in [-0.25, -0.2) is 9.78 Å². The highest BCUT2D eigenvalue weighted by atomic mass is 35.5. The number of rotatable bonds is 6. The Morgan fingerprint density at radius 2 is 2.08 bits per heavy atom. The molecule has 138 valence electrons. The second kappa shape index (κ2) is 7.29. The summed E-state index contributed by atoms with van der Waals surface area (Å²) in [4.78, 5) is 18.6. The first-order valence-corrected chi connectivity index (χ1v) is 9.38. The van der Waals surface area contributed by atoms with Gasteiger partial charge >= 0.3 is 6.09 Å². The van der Waals surface area contributed by atoms with Gasteiger partial charge in [0.25, 0.3) is 0 Å². The van der Waals surface area contributed by atoms with Crippen LogP contribution < -0.4 is 10.1 Å². The summed E-state index contributed by atoms with van der Waals surface area (Å²) in [6, 6.07) is 7.76. The summed E-state index contributed by atoms with van der Waals surface area (Å²) < 4.78 is 7.24. The van der Waals surface area contributed by atoms with Crippen molar-refractivity contribution < 1.29 is 9.53 Å². The molecule has 2 unspecified atom stereocenters. The molecule has 0 spiro atoms. The van der Waals surface area contributed by atoms with Gasteiger partial charge in [0.15, 0.2) is 0 Å². The number of nitrogens with one attached hydrogen (secondary N) is 1. The van der Waals surface area contributed by atoms with Crippen LogP contribution in [0.1, 0.15) is 5.56 Å². The van der Waals surface area contributed by atoms with Gasteiger partial charge in [-0.2, -0.15) is 0 Å². The Morgan fingerprint density at radius 1 is 1.35 bits per heavy atom. The van der Waals surface area contributed by atoms with E-state index in [9.17, 15) is 4.79 Å². The summed E-state index contributed by atoms with van der Waals surface area (Å²) >= 11 is 5.95. The molecule has 1 aliphatic heterocycles. The van der Waals surface area contributed by atoms with Crippen LogP contribution in [-0.4, -0.2) is 46.7 Å². The van der Waals surface area contributed by atoms with E-state index in [0.717, 1.165) is 36.6 Å². The number of aryl methyl sites for hydroxylation is 1. The Balaban J connectivity index is 1.40. The van der Waals surface area contributed by atoms with Gasteiger partial charge in [-0.1, -0.05) is 23.7 Å². The standard InChI is InChI=1S/C19H23ClN4O2/c1-23-11-18(22-12-23)26-19(25)24(10-17-15-8-21-9-16(15)17)7-6-13-2-4-14(20)5-3-13/h2-5,11-12,15-17,21H,6-10H2,1H3. The van der Waals surface area contributed by atoms with Gasteiger partial charge in [0, 0.05) is 25.2 Å². The molecule has 7 heteroatoms. The third kappa shape index (κ3) is 3.86. The van der Waals surface area contributed by atoms with Gasteiger partial charge in [-0.3, -0.25) is 0 Å². The number of nitrogens with zero attached hydrogens (tertiary/aromatic N) is 3. The van der Waals surface area contributed by atoms with Crippen LogP contribution in [0.2, 0.25) is 5.02 Å². The molecule has 6 nitrogen and oxygen atoms in total. The lowest BCUT2D eigenvalue weighted by Gasteiger charge is -2.22. The maximum absolute atomic E-state index is 12.7. The lowest BCUT2D eigenvalue weighted by molar-refractivity contribution is 0.147. The number of imidazole rings is 1. The molecule has 1 aliphatic carbocycles. The molecule has 1 amide bonds. The number of benzene rings is 1. The second-order valence-corrected chi connectivity index (χ2v) is 7.65. The first-order chi connectivity index (χ1) is 12.6. The van der Waals surface area contributed by atoms with Crippen molar-refractivity contribution in [2.24, 2.45) is 24.8 Å². The third-order valence-electron chi connectivity index (χ3n) is 5.42. The van der Waals surface area contributed by atoms with E-state index in [1.165, 1.54) is 0 Å². The van der Waals surface area contributed by atoms with Crippen molar-refractivity contribution in [3.05, 3.63) is 47.4 Å². The quantitative estimate of drug-likeness (QED) is 0.844. The number of ether oxygens (including phenoxy) is 1. The van der Waals surface area contributed by atoms with Gasteiger partial charge in [-0.15, -0.1) is 0 Å². The molecular formula is C19H23ClN4O2. The van der Waals surface area contributed by atoms with Crippen LogP contribution in [0.15, 0.2) is 36.8 Å². The predicted molar refractivity (Wildman–Crippen MR) is 99.3 cm³/mol. The van der Waals surface area contributed by atoms with Crippen molar-refractivity contribution in [2.75, 3.05) is 26.2 Å². The number of hydrogen-bond donors (Lipinski definition) is 1. The van der Waals surface area contributed by atoms with Gasteiger partial charge in [-0.05, 0) is 55.0 Å². The van der Waals surface area contributed by atoms with E-state index in [1.807, 2.05) is 36.2 Å². The normalized spacial score (nSPS) is 23.5. The highest BCUT2D eigenvalue weighted by Gasteiger charge is 2.53. The van der Waals surface area contributed by atoms with Crippen molar-refractivity contribution >= 4 is 17.7 Å². The summed E-state index contributed by atoms with van der Waals surface area (Å²) in [5, 5.41) is 4.12. The van der Waals surface area contributed by atoms with Crippen molar-refractivity contribution in [3.63, 3.8) is 0 Å². The minimum atomic E-state index is -0.324. The SMILES string of the molecule is Cn1cnc(OC(=O)N(CCc2ccc(Cl)cc2)CC2C3CNCC32)c1. The van der Waals surface area contributed by atoms with Gasteiger partial charge in [0.2, 0.25) is 5.88 Å². The smallest absolute Gasteiger partial charge is 0.389 e. The van der Waals surface area contributed by atoms with Crippen molar-refractivity contribution in [1.82, 2.24) is 19.8 Å². The maximum Gasteiger partial charge on any atom is 0.416 e. The number of fused-ring (bicyclic) bond motifs is 1. The number of hydrogen-bond acceptors (Lipinski definition) is 4. The molecule has 1 saturated carbocycles. The lowest BCUT2D eigenvalue weighted by Crippen LogP contribution is -2.38. The molecule has 4 rings (SSSR count). The molecule has 2 heterocycles. The minimum absolute atomic E-state index is 0.324. The topological polar surface area (TPSA) is 59.4 Å². The lowest BCUT2D eigenvalue weighted by atomic mass is 10.1. The predicted octanol–water partition coefficient (Wildman–Crippen LogP) is 2.58. The molecule has 2 aliphatic rings. The molecule has 26 heavy (non-hydrogen) atoms. The monoisotopic (exact) mass is 374 g/mol. The van der Waals surface area contributed by atoms with Gasteiger partial charge < -0.3 is 19.5 Å². The van der Waals surface area contributed by atoms with Crippen LogP contribution in [0.5, 0.6) is 5.88 Å². The number of amides is 1. The van der Waals surface area contributed by atoms with Crippen LogP contribution in [0, 0.1) is 17.8 Å². The van der Waals surface area contributed by atoms with Crippen LogP contribution in [-0.2, 0) is 13.5 Å². The van der Waals surface area contributed by atoms with E-state index in [-0.39, 0.29) is 6.09 Å². The Labute approximate surface area is 158 Å². The fraction of sp³-hybridized carbons (Fsp3) is 0.474. The zero-order valence-electron chi connectivity index (χ0n) is 14.8. The van der Waals surface area contributed by atoms with Crippen molar-refractivity contribution in [1.29, 1.82) is 0 Å². The van der Waals surface area contributed by atoms with E-state index >= 15 is 0 Å². The number of halogens is 1. The molecule has 2 fully saturated rings. The van der Waals surface area contributed by atoms with E-state index < -0.39 is 0 Å². The third-order valence-corrected chi connectivity index (χ3v) is 5.67. The number of aromatic nitrogens is 2. The Morgan fingerprint density at radius 3 is 2.73 bits per heavy atom. The summed E-state index contributed by atoms with van der Waals surface area (Å²) in [6.07, 6.45) is 3.77. The van der Waals surface area contributed by atoms with Crippen LogP contribution in [0.3, 0.4) is 0 Å². The maximum atomic E-state index is 12.7. The molecule has 1 aromatic carbocycles. The Kier molecular flexibility index (Phi) is 4.87. The van der Waals surface area contributed by atoms with Gasteiger partial charge in [0.05, 0.1) is 12.5 Å². The van der Waals surface area contributed by atoms with Crippen LogP contribution in [0.25, 0.3) is 0 Å². The zero-order chi connectivity index (χ0) is 18.1. The van der Waals surface area contributed by atoms with E-state index in [4.69, 9.17) is 16.3 Å². The van der Waals surface area contributed by atoms with Crippen LogP contribution in [0.4, 0.5) is 4.79 Å². The van der Waals surface area contributed by atoms with E-state index in [0.29, 0.717) is 30.2 Å². The highest BCUT2D eigenvalue weighted by Crippen LogP contribution is 2.48. The average molecular weight is 375 g/mol. The molecule has 2 atom stereocenters. The molecule has 1 saturated heterocycles. The van der Waals surface area contributed by atoms with Crippen molar-refractivity contribution in [3.8, 4) is 5.88 Å². The molecule has 2 aromatic rings. The summed E-state index contributed by atoms with van der Waals surface area (Å²) in [6.45, 7) is 3.50. The first-order valence-electron chi connectivity index (χ1n) is 9.00.